The van der Waals surface area contributed by atoms with Crippen LogP contribution in [-0.4, -0.2) is 81.6 Å². The van der Waals surface area contributed by atoms with Crippen LogP contribution in [-0.2, 0) is 9.59 Å². The van der Waals surface area contributed by atoms with Crippen molar-refractivity contribution in [1.82, 2.24) is 15.1 Å². The zero-order chi connectivity index (χ0) is 20.4. The van der Waals surface area contributed by atoms with Crippen molar-refractivity contribution >= 4 is 17.5 Å². The number of piperazine rings is 1. The van der Waals surface area contributed by atoms with Crippen molar-refractivity contribution < 1.29 is 19.1 Å². The van der Waals surface area contributed by atoms with Crippen LogP contribution in [0.15, 0.2) is 18.2 Å². The van der Waals surface area contributed by atoms with Crippen LogP contribution in [0.1, 0.15) is 19.8 Å². The lowest BCUT2D eigenvalue weighted by atomic mass is 10.2. The number of methoxy groups -OCH3 is 2. The molecule has 0 radical (unpaired) electrons. The summed E-state index contributed by atoms with van der Waals surface area (Å²) in [4.78, 5) is 28.6. The molecule has 0 aromatic heterocycles. The molecular weight excluding hydrogens is 360 g/mol. The minimum Gasteiger partial charge on any atom is -0.497 e. The summed E-state index contributed by atoms with van der Waals surface area (Å²) in [7, 11) is 3.14. The second kappa shape index (κ2) is 11.5. The van der Waals surface area contributed by atoms with E-state index in [4.69, 9.17) is 9.47 Å². The molecule has 1 aromatic carbocycles. The van der Waals surface area contributed by atoms with Gasteiger partial charge in [0.2, 0.25) is 11.8 Å². The van der Waals surface area contributed by atoms with E-state index in [0.717, 1.165) is 45.6 Å². The van der Waals surface area contributed by atoms with E-state index in [-0.39, 0.29) is 11.8 Å². The Morgan fingerprint density at radius 2 is 1.64 bits per heavy atom. The van der Waals surface area contributed by atoms with Gasteiger partial charge in [0, 0.05) is 38.8 Å². The second-order valence-electron chi connectivity index (χ2n) is 6.87. The number of carbonyl (C=O) groups is 2. The minimum atomic E-state index is -0.0997. The van der Waals surface area contributed by atoms with Crippen LogP contribution in [0, 0.1) is 0 Å². The maximum atomic E-state index is 12.4. The van der Waals surface area contributed by atoms with Crippen molar-refractivity contribution in [3.05, 3.63) is 18.2 Å². The van der Waals surface area contributed by atoms with Gasteiger partial charge in [0.1, 0.15) is 11.5 Å². The predicted molar refractivity (Wildman–Crippen MR) is 109 cm³/mol. The lowest BCUT2D eigenvalue weighted by Gasteiger charge is -2.33. The molecule has 1 aliphatic heterocycles. The highest BCUT2D eigenvalue weighted by Gasteiger charge is 2.21. The number of hydrogen-bond acceptors (Lipinski definition) is 6. The third kappa shape index (κ3) is 7.01. The number of amides is 2. The van der Waals surface area contributed by atoms with Gasteiger partial charge < -0.3 is 20.1 Å². The standard InChI is InChI=1S/C20H32N4O4/c1-4-5-8-21-19(25)14-23-9-11-24(12-10-23)15-20(26)22-17-13-16(27-2)6-7-18(17)28-3/h6-7,13H,4-5,8-12,14-15H2,1-3H3,(H,21,25)(H,22,26). The van der Waals surface area contributed by atoms with E-state index in [1.807, 2.05) is 0 Å². The lowest BCUT2D eigenvalue weighted by Crippen LogP contribution is -2.51. The number of ether oxygens (including phenoxy) is 2. The normalized spacial score (nSPS) is 15.1. The molecule has 8 heteroatoms. The van der Waals surface area contributed by atoms with E-state index in [0.29, 0.717) is 30.3 Å². The summed E-state index contributed by atoms with van der Waals surface area (Å²) in [6, 6.07) is 5.29. The van der Waals surface area contributed by atoms with Gasteiger partial charge >= 0.3 is 0 Å². The number of benzene rings is 1. The van der Waals surface area contributed by atoms with Gasteiger partial charge in [0.15, 0.2) is 0 Å². The molecule has 2 amide bonds. The summed E-state index contributed by atoms with van der Waals surface area (Å²) in [6.45, 7) is 6.63. The smallest absolute Gasteiger partial charge is 0.238 e. The van der Waals surface area contributed by atoms with E-state index >= 15 is 0 Å². The van der Waals surface area contributed by atoms with E-state index in [2.05, 4.69) is 27.4 Å². The monoisotopic (exact) mass is 392 g/mol. The van der Waals surface area contributed by atoms with Crippen LogP contribution in [0.3, 0.4) is 0 Å². The van der Waals surface area contributed by atoms with E-state index in [1.54, 1.807) is 32.4 Å². The molecule has 2 N–H and O–H groups in total. The number of rotatable bonds is 10. The summed E-state index contributed by atoms with van der Waals surface area (Å²) in [5, 5.41) is 5.83. The van der Waals surface area contributed by atoms with Crippen LogP contribution >= 0.6 is 0 Å². The van der Waals surface area contributed by atoms with Crippen molar-refractivity contribution in [3.63, 3.8) is 0 Å². The Balaban J connectivity index is 1.75. The van der Waals surface area contributed by atoms with Crippen LogP contribution in [0.4, 0.5) is 5.69 Å². The molecule has 28 heavy (non-hydrogen) atoms. The molecule has 1 heterocycles. The zero-order valence-corrected chi connectivity index (χ0v) is 17.1. The fraction of sp³-hybridized carbons (Fsp3) is 0.600. The number of hydrogen-bond donors (Lipinski definition) is 2. The first-order valence-electron chi connectivity index (χ1n) is 9.79. The van der Waals surface area contributed by atoms with Gasteiger partial charge in [-0.15, -0.1) is 0 Å². The average molecular weight is 393 g/mol. The highest BCUT2D eigenvalue weighted by atomic mass is 16.5. The van der Waals surface area contributed by atoms with Crippen molar-refractivity contribution in [2.75, 3.05) is 65.3 Å². The Kier molecular flexibility index (Phi) is 9.03. The van der Waals surface area contributed by atoms with E-state index in [1.165, 1.54) is 0 Å². The quantitative estimate of drug-likeness (QED) is 0.582. The van der Waals surface area contributed by atoms with Crippen LogP contribution in [0.2, 0.25) is 0 Å². The molecule has 0 saturated carbocycles. The molecule has 1 saturated heterocycles. The number of nitrogens with zero attached hydrogens (tertiary/aromatic N) is 2. The largest absolute Gasteiger partial charge is 0.497 e. The lowest BCUT2D eigenvalue weighted by molar-refractivity contribution is -0.123. The summed E-state index contributed by atoms with van der Waals surface area (Å²) in [5.41, 5.74) is 0.592. The fourth-order valence-corrected chi connectivity index (χ4v) is 3.07. The number of anilines is 1. The van der Waals surface area contributed by atoms with Crippen LogP contribution in [0.25, 0.3) is 0 Å². The van der Waals surface area contributed by atoms with E-state index in [9.17, 15) is 9.59 Å². The molecule has 156 valence electrons. The highest BCUT2D eigenvalue weighted by Crippen LogP contribution is 2.28. The molecule has 1 aliphatic rings. The van der Waals surface area contributed by atoms with Gasteiger partial charge in [-0.2, -0.15) is 0 Å². The molecule has 0 spiro atoms. The number of carbonyl (C=O) groups excluding carboxylic acids is 2. The summed E-state index contributed by atoms with van der Waals surface area (Å²) in [5.74, 6) is 1.22. The molecule has 0 unspecified atom stereocenters. The summed E-state index contributed by atoms with van der Waals surface area (Å²) >= 11 is 0. The van der Waals surface area contributed by atoms with Gasteiger partial charge in [-0.1, -0.05) is 13.3 Å². The zero-order valence-electron chi connectivity index (χ0n) is 17.1. The first-order chi connectivity index (χ1) is 13.5. The Bertz CT molecular complexity index is 645. The van der Waals surface area contributed by atoms with Gasteiger partial charge in [-0.25, -0.2) is 0 Å². The highest BCUT2D eigenvalue weighted by molar-refractivity contribution is 5.94. The Hall–Kier alpha value is -2.32. The number of nitrogens with one attached hydrogen (secondary N) is 2. The molecule has 0 bridgehead atoms. The van der Waals surface area contributed by atoms with Gasteiger partial charge in [0.05, 0.1) is 33.0 Å². The molecule has 8 nitrogen and oxygen atoms in total. The van der Waals surface area contributed by atoms with Crippen LogP contribution < -0.4 is 20.1 Å². The van der Waals surface area contributed by atoms with Gasteiger partial charge in [0.25, 0.3) is 0 Å². The first-order valence-corrected chi connectivity index (χ1v) is 9.79. The Labute approximate surface area is 167 Å². The molecule has 1 fully saturated rings. The SMILES string of the molecule is CCCCNC(=O)CN1CCN(CC(=O)Nc2cc(OC)ccc2OC)CC1. The molecule has 0 atom stereocenters. The van der Waals surface area contributed by atoms with Gasteiger partial charge in [-0.05, 0) is 18.6 Å². The molecule has 1 aromatic rings. The van der Waals surface area contributed by atoms with Crippen molar-refractivity contribution in [3.8, 4) is 11.5 Å². The molecular formula is C20H32N4O4. The van der Waals surface area contributed by atoms with Crippen molar-refractivity contribution in [2.45, 2.75) is 19.8 Å². The fourth-order valence-electron chi connectivity index (χ4n) is 3.07. The number of unbranched alkanes of at least 4 members (excludes halogenated alkanes) is 1. The van der Waals surface area contributed by atoms with Crippen LogP contribution in [0.5, 0.6) is 11.5 Å². The Morgan fingerprint density at radius 1 is 1.00 bits per heavy atom. The van der Waals surface area contributed by atoms with Gasteiger partial charge in [-0.3, -0.25) is 19.4 Å². The molecule has 0 aliphatic carbocycles. The summed E-state index contributed by atoms with van der Waals surface area (Å²) in [6.07, 6.45) is 2.08. The minimum absolute atomic E-state index is 0.0739. The third-order valence-electron chi connectivity index (χ3n) is 4.73. The Morgan fingerprint density at radius 3 is 2.21 bits per heavy atom. The van der Waals surface area contributed by atoms with E-state index < -0.39 is 0 Å². The first kappa shape index (κ1) is 22.0. The van der Waals surface area contributed by atoms with Crippen molar-refractivity contribution in [2.24, 2.45) is 0 Å². The second-order valence-corrected chi connectivity index (χ2v) is 6.87. The predicted octanol–water partition coefficient (Wildman–Crippen LogP) is 1.18. The molecule has 2 rings (SSSR count). The average Bonchev–Trinajstić information content (AvgIpc) is 2.69. The van der Waals surface area contributed by atoms with Crippen molar-refractivity contribution in [1.29, 1.82) is 0 Å². The topological polar surface area (TPSA) is 83.1 Å². The maximum absolute atomic E-state index is 12.4. The summed E-state index contributed by atoms with van der Waals surface area (Å²) < 4.78 is 10.5. The maximum Gasteiger partial charge on any atom is 0.238 e. The third-order valence-corrected chi connectivity index (χ3v) is 4.73.